The second-order valence-corrected chi connectivity index (χ2v) is 7.53. The van der Waals surface area contributed by atoms with E-state index in [-0.39, 0.29) is 17.3 Å². The molecule has 3 aromatic rings. The monoisotopic (exact) mass is 439 g/mol. The lowest BCUT2D eigenvalue weighted by Crippen LogP contribution is -2.47. The summed E-state index contributed by atoms with van der Waals surface area (Å²) in [5.74, 6) is 1.48. The van der Waals surface area contributed by atoms with Gasteiger partial charge in [-0.3, -0.25) is 15.0 Å². The highest BCUT2D eigenvalue weighted by atomic mass is 35.5. The Morgan fingerprint density at radius 1 is 1.26 bits per heavy atom. The first-order chi connectivity index (χ1) is 15.0. The molecule has 2 aromatic heterocycles. The van der Waals surface area contributed by atoms with Crippen LogP contribution in [0.25, 0.3) is 11.4 Å². The van der Waals surface area contributed by atoms with E-state index in [2.05, 4.69) is 20.0 Å². The lowest BCUT2D eigenvalue weighted by Gasteiger charge is -2.37. The van der Waals surface area contributed by atoms with Crippen LogP contribution in [0.2, 0.25) is 5.02 Å². The van der Waals surface area contributed by atoms with E-state index >= 15 is 0 Å². The highest BCUT2D eigenvalue weighted by Gasteiger charge is 2.28. The maximum absolute atomic E-state index is 10.9. The highest BCUT2D eigenvalue weighted by molar-refractivity contribution is 6.30. The number of pyridine rings is 1. The number of halogens is 1. The largest absolute Gasteiger partial charge is 0.353 e. The number of benzene rings is 1. The van der Waals surface area contributed by atoms with Crippen molar-refractivity contribution in [2.75, 3.05) is 31.1 Å². The molecule has 158 valence electrons. The maximum atomic E-state index is 10.9. The SMILES string of the molecule is C[C@@H](c1nc(-c2ccc(Cl)cc2)no1)N1CCN(c2ncc([N+](=O)[O-])cc2C#N)CC1. The fourth-order valence-electron chi connectivity index (χ4n) is 3.48. The third kappa shape index (κ3) is 4.33. The van der Waals surface area contributed by atoms with Crippen LogP contribution in [0.4, 0.5) is 11.5 Å². The molecule has 0 aliphatic carbocycles. The van der Waals surface area contributed by atoms with Gasteiger partial charge < -0.3 is 9.42 Å². The van der Waals surface area contributed by atoms with Gasteiger partial charge in [0.25, 0.3) is 5.69 Å². The van der Waals surface area contributed by atoms with Gasteiger partial charge in [-0.1, -0.05) is 16.8 Å². The molecule has 1 aliphatic heterocycles. The highest BCUT2D eigenvalue weighted by Crippen LogP contribution is 2.27. The van der Waals surface area contributed by atoms with Gasteiger partial charge in [0.2, 0.25) is 11.7 Å². The molecule has 0 amide bonds. The molecule has 0 bridgehead atoms. The Labute approximate surface area is 182 Å². The Morgan fingerprint density at radius 2 is 1.97 bits per heavy atom. The fraction of sp³-hybridized carbons (Fsp3) is 0.300. The molecule has 11 heteroatoms. The summed E-state index contributed by atoms with van der Waals surface area (Å²) in [4.78, 5) is 23.2. The number of hydrogen-bond acceptors (Lipinski definition) is 9. The summed E-state index contributed by atoms with van der Waals surface area (Å²) >= 11 is 5.93. The first-order valence-corrected chi connectivity index (χ1v) is 9.97. The molecule has 1 aliphatic rings. The summed E-state index contributed by atoms with van der Waals surface area (Å²) in [5.41, 5.74) is 0.824. The van der Waals surface area contributed by atoms with E-state index in [1.807, 2.05) is 30.0 Å². The van der Waals surface area contributed by atoms with Gasteiger partial charge in [0.1, 0.15) is 23.6 Å². The summed E-state index contributed by atoms with van der Waals surface area (Å²) in [6.45, 7) is 4.59. The van der Waals surface area contributed by atoms with Crippen molar-refractivity contribution in [3.05, 3.63) is 63.1 Å². The van der Waals surface area contributed by atoms with Gasteiger partial charge in [0.15, 0.2) is 0 Å². The number of hydrogen-bond donors (Lipinski definition) is 0. The van der Waals surface area contributed by atoms with Gasteiger partial charge in [-0.05, 0) is 31.2 Å². The van der Waals surface area contributed by atoms with Gasteiger partial charge in [-0.2, -0.15) is 10.2 Å². The van der Waals surface area contributed by atoms with Crippen molar-refractivity contribution in [2.45, 2.75) is 13.0 Å². The normalized spacial score (nSPS) is 15.5. The summed E-state index contributed by atoms with van der Waals surface area (Å²) in [7, 11) is 0. The molecule has 0 saturated carbocycles. The van der Waals surface area contributed by atoms with E-state index < -0.39 is 4.92 Å². The predicted octanol–water partition coefficient (Wildman–Crippen LogP) is 3.45. The van der Waals surface area contributed by atoms with Crippen LogP contribution in [0.5, 0.6) is 0 Å². The third-order valence-corrected chi connectivity index (χ3v) is 5.50. The average Bonchev–Trinajstić information content (AvgIpc) is 3.29. The zero-order valence-electron chi connectivity index (χ0n) is 16.6. The zero-order valence-corrected chi connectivity index (χ0v) is 17.4. The van der Waals surface area contributed by atoms with Crippen molar-refractivity contribution >= 4 is 23.1 Å². The fourth-order valence-corrected chi connectivity index (χ4v) is 3.60. The van der Waals surface area contributed by atoms with E-state index in [9.17, 15) is 15.4 Å². The van der Waals surface area contributed by atoms with Gasteiger partial charge in [-0.15, -0.1) is 0 Å². The molecule has 0 radical (unpaired) electrons. The van der Waals surface area contributed by atoms with Gasteiger partial charge in [-0.25, -0.2) is 4.98 Å². The molecule has 10 nitrogen and oxygen atoms in total. The van der Waals surface area contributed by atoms with E-state index in [1.54, 1.807) is 12.1 Å². The Kier molecular flexibility index (Phi) is 5.79. The Bertz CT molecular complexity index is 1130. The lowest BCUT2D eigenvalue weighted by molar-refractivity contribution is -0.385. The molecule has 3 heterocycles. The van der Waals surface area contributed by atoms with Crippen LogP contribution in [0.1, 0.15) is 24.4 Å². The van der Waals surface area contributed by atoms with E-state index in [1.165, 1.54) is 12.3 Å². The van der Waals surface area contributed by atoms with Crippen LogP contribution in [-0.4, -0.2) is 51.1 Å². The summed E-state index contributed by atoms with van der Waals surface area (Å²) < 4.78 is 5.48. The van der Waals surface area contributed by atoms with Crippen LogP contribution >= 0.6 is 11.6 Å². The summed E-state index contributed by atoms with van der Waals surface area (Å²) in [6.07, 6.45) is 1.18. The van der Waals surface area contributed by atoms with Gasteiger partial charge in [0, 0.05) is 42.8 Å². The predicted molar refractivity (Wildman–Crippen MR) is 113 cm³/mol. The summed E-state index contributed by atoms with van der Waals surface area (Å²) in [5, 5.41) is 25.0. The van der Waals surface area contributed by atoms with Crippen molar-refractivity contribution in [1.29, 1.82) is 5.26 Å². The number of rotatable bonds is 5. The van der Waals surface area contributed by atoms with E-state index in [4.69, 9.17) is 16.1 Å². The van der Waals surface area contributed by atoms with Crippen LogP contribution < -0.4 is 4.90 Å². The number of aromatic nitrogens is 3. The second-order valence-electron chi connectivity index (χ2n) is 7.10. The van der Waals surface area contributed by atoms with Crippen molar-refractivity contribution in [2.24, 2.45) is 0 Å². The lowest BCUT2D eigenvalue weighted by atomic mass is 10.2. The van der Waals surface area contributed by atoms with Crippen LogP contribution in [0, 0.1) is 21.4 Å². The molecule has 31 heavy (non-hydrogen) atoms. The second kappa shape index (κ2) is 8.67. The number of nitriles is 1. The molecule has 1 aromatic carbocycles. The number of anilines is 1. The Morgan fingerprint density at radius 3 is 2.61 bits per heavy atom. The minimum atomic E-state index is -0.556. The molecular formula is C20H18ClN7O3. The first-order valence-electron chi connectivity index (χ1n) is 9.59. The zero-order chi connectivity index (χ0) is 22.0. The maximum Gasteiger partial charge on any atom is 0.289 e. The molecule has 1 fully saturated rings. The molecule has 0 N–H and O–H groups in total. The van der Waals surface area contributed by atoms with Crippen molar-refractivity contribution in [1.82, 2.24) is 20.0 Å². The molecule has 0 spiro atoms. The third-order valence-electron chi connectivity index (χ3n) is 5.25. The minimum absolute atomic E-state index is 0.0871. The Hall–Kier alpha value is -3.55. The molecular weight excluding hydrogens is 422 g/mol. The van der Waals surface area contributed by atoms with Gasteiger partial charge in [0.05, 0.1) is 11.0 Å². The number of piperazine rings is 1. The summed E-state index contributed by atoms with van der Waals surface area (Å²) in [6, 6.07) is 10.4. The van der Waals surface area contributed by atoms with Gasteiger partial charge >= 0.3 is 0 Å². The molecule has 1 saturated heterocycles. The number of nitro groups is 1. The molecule has 4 rings (SSSR count). The van der Waals surface area contributed by atoms with E-state index in [0.29, 0.717) is 48.7 Å². The van der Waals surface area contributed by atoms with Crippen molar-refractivity contribution < 1.29 is 9.45 Å². The van der Waals surface area contributed by atoms with Crippen LogP contribution in [0.3, 0.4) is 0 Å². The topological polar surface area (TPSA) is 125 Å². The smallest absolute Gasteiger partial charge is 0.289 e. The Balaban J connectivity index is 1.43. The first kappa shape index (κ1) is 20.7. The minimum Gasteiger partial charge on any atom is -0.353 e. The number of nitrogens with zero attached hydrogens (tertiary/aromatic N) is 7. The van der Waals surface area contributed by atoms with E-state index in [0.717, 1.165) is 5.56 Å². The molecule has 1 atom stereocenters. The van der Waals surface area contributed by atoms with Crippen molar-refractivity contribution in [3.8, 4) is 17.5 Å². The van der Waals surface area contributed by atoms with Crippen LogP contribution in [-0.2, 0) is 0 Å². The quantitative estimate of drug-likeness (QED) is 0.434. The standard InChI is InChI=1S/C20H18ClN7O3/c1-13(20-24-18(25-31-20)14-2-4-16(21)5-3-14)26-6-8-27(9-7-26)19-15(11-22)10-17(12-23-19)28(29)30/h2-5,10,12-13H,6-9H2,1H3/t13-/m0/s1. The van der Waals surface area contributed by atoms with Crippen molar-refractivity contribution in [3.63, 3.8) is 0 Å². The average molecular weight is 440 g/mol. The van der Waals surface area contributed by atoms with Crippen LogP contribution in [0.15, 0.2) is 41.1 Å². The molecule has 0 unspecified atom stereocenters.